The molecule has 0 bridgehead atoms. The van der Waals surface area contributed by atoms with Gasteiger partial charge >= 0.3 is 0 Å². The summed E-state index contributed by atoms with van der Waals surface area (Å²) < 4.78 is 0. The van der Waals surface area contributed by atoms with Gasteiger partial charge in [-0.25, -0.2) is 0 Å². The number of hydrogen-bond donors (Lipinski definition) is 1. The monoisotopic (exact) mass is 238 g/mol. The first-order valence-corrected chi connectivity index (χ1v) is 4.78. The van der Waals surface area contributed by atoms with Crippen molar-refractivity contribution in [1.82, 2.24) is 0 Å². The van der Waals surface area contributed by atoms with Crippen LogP contribution < -0.4 is 5.32 Å². The molecule has 2 aromatic carbocycles. The van der Waals surface area contributed by atoms with E-state index in [1.807, 2.05) is 48.5 Å². The van der Waals surface area contributed by atoms with Crippen molar-refractivity contribution in [1.29, 1.82) is 0 Å². The predicted molar refractivity (Wildman–Crippen MR) is 70.2 cm³/mol. The van der Waals surface area contributed by atoms with Gasteiger partial charge in [0.15, 0.2) is 0 Å². The Morgan fingerprint density at radius 2 is 1.29 bits per heavy atom. The van der Waals surface area contributed by atoms with Gasteiger partial charge in [-0.15, -0.1) is 0 Å². The molecular formula is C13H13NNaO2. The molecule has 0 aliphatic carbocycles. The number of anilines is 1. The Morgan fingerprint density at radius 1 is 0.824 bits per heavy atom. The van der Waals surface area contributed by atoms with Crippen LogP contribution in [0.25, 0.3) is 0 Å². The molecule has 83 valence electrons. The van der Waals surface area contributed by atoms with Crippen molar-refractivity contribution in [3.05, 3.63) is 66.2 Å². The van der Waals surface area contributed by atoms with Crippen molar-refractivity contribution in [2.75, 3.05) is 5.32 Å². The molecule has 0 saturated heterocycles. The number of amides is 1. The van der Waals surface area contributed by atoms with Crippen LogP contribution in [0.4, 0.5) is 5.69 Å². The number of benzene rings is 2. The van der Waals surface area contributed by atoms with Gasteiger partial charge in [-0.2, -0.15) is 0 Å². The van der Waals surface area contributed by atoms with Gasteiger partial charge in [0.25, 0.3) is 5.91 Å². The van der Waals surface area contributed by atoms with Crippen LogP contribution in [-0.4, -0.2) is 40.9 Å². The van der Waals surface area contributed by atoms with Crippen LogP contribution in [-0.2, 0) is 0 Å². The molecule has 0 aliphatic rings. The maximum atomic E-state index is 11.7. The molecule has 0 heterocycles. The SMILES string of the molecule is O.O=C(Nc1ccccc1)c1ccccc1.[Na]. The Morgan fingerprint density at radius 3 is 1.82 bits per heavy atom. The fourth-order valence-electron chi connectivity index (χ4n) is 1.31. The van der Waals surface area contributed by atoms with Gasteiger partial charge in [0.05, 0.1) is 0 Å². The largest absolute Gasteiger partial charge is 0.412 e. The summed E-state index contributed by atoms with van der Waals surface area (Å²) >= 11 is 0. The van der Waals surface area contributed by atoms with E-state index in [0.717, 1.165) is 5.69 Å². The van der Waals surface area contributed by atoms with Gasteiger partial charge in [0, 0.05) is 40.8 Å². The zero-order valence-electron chi connectivity index (χ0n) is 9.68. The van der Waals surface area contributed by atoms with Crippen LogP contribution in [0.2, 0.25) is 0 Å². The van der Waals surface area contributed by atoms with Crippen LogP contribution in [0.15, 0.2) is 60.7 Å². The van der Waals surface area contributed by atoms with E-state index >= 15 is 0 Å². The molecule has 0 saturated carbocycles. The average molecular weight is 238 g/mol. The number of hydrogen-bond acceptors (Lipinski definition) is 1. The van der Waals surface area contributed by atoms with Crippen LogP contribution in [0.3, 0.4) is 0 Å². The summed E-state index contributed by atoms with van der Waals surface area (Å²) in [7, 11) is 0. The molecular weight excluding hydrogens is 225 g/mol. The Balaban J connectivity index is 0.00000128. The molecule has 0 aliphatic heterocycles. The minimum absolute atomic E-state index is 0. The maximum Gasteiger partial charge on any atom is 0.255 e. The van der Waals surface area contributed by atoms with E-state index in [4.69, 9.17) is 0 Å². The van der Waals surface area contributed by atoms with Gasteiger partial charge < -0.3 is 10.8 Å². The van der Waals surface area contributed by atoms with Crippen LogP contribution in [0.5, 0.6) is 0 Å². The van der Waals surface area contributed by atoms with Gasteiger partial charge in [-0.1, -0.05) is 36.4 Å². The number of para-hydroxylation sites is 1. The molecule has 0 atom stereocenters. The van der Waals surface area contributed by atoms with Crippen molar-refractivity contribution in [2.45, 2.75) is 0 Å². The molecule has 3 nitrogen and oxygen atoms in total. The minimum Gasteiger partial charge on any atom is -0.412 e. The van der Waals surface area contributed by atoms with E-state index in [1.54, 1.807) is 12.1 Å². The summed E-state index contributed by atoms with van der Waals surface area (Å²) in [5, 5.41) is 2.82. The van der Waals surface area contributed by atoms with Crippen molar-refractivity contribution in [3.63, 3.8) is 0 Å². The summed E-state index contributed by atoms with van der Waals surface area (Å²) in [6.07, 6.45) is 0. The van der Waals surface area contributed by atoms with Gasteiger partial charge in [0.1, 0.15) is 0 Å². The van der Waals surface area contributed by atoms with E-state index in [2.05, 4.69) is 5.32 Å². The topological polar surface area (TPSA) is 60.6 Å². The smallest absolute Gasteiger partial charge is 0.255 e. The standard InChI is InChI=1S/C13H11NO.Na.H2O/c15-13(11-7-3-1-4-8-11)14-12-9-5-2-6-10-12;;/h1-10H,(H,14,15);;1H2. The zero-order valence-corrected chi connectivity index (χ0v) is 11.7. The Hall–Kier alpha value is -1.13. The molecule has 0 unspecified atom stereocenters. The molecule has 0 aromatic heterocycles. The van der Waals surface area contributed by atoms with Crippen molar-refractivity contribution >= 4 is 41.2 Å². The second-order valence-corrected chi connectivity index (χ2v) is 3.19. The number of carbonyl (C=O) groups excluding carboxylic acids is 1. The van der Waals surface area contributed by atoms with Gasteiger partial charge in [-0.3, -0.25) is 4.79 Å². The van der Waals surface area contributed by atoms with Crippen LogP contribution in [0.1, 0.15) is 10.4 Å². The third-order valence-corrected chi connectivity index (χ3v) is 2.07. The van der Waals surface area contributed by atoms with Crippen LogP contribution in [0, 0.1) is 0 Å². The molecule has 0 fully saturated rings. The summed E-state index contributed by atoms with van der Waals surface area (Å²) in [5.74, 6) is -0.0817. The average Bonchev–Trinajstić information content (AvgIpc) is 2.31. The number of nitrogens with one attached hydrogen (secondary N) is 1. The second-order valence-electron chi connectivity index (χ2n) is 3.19. The molecule has 3 N–H and O–H groups in total. The molecule has 2 rings (SSSR count). The minimum atomic E-state index is -0.0817. The maximum absolute atomic E-state index is 11.7. The molecule has 17 heavy (non-hydrogen) atoms. The first kappa shape index (κ1) is 15.9. The summed E-state index contributed by atoms with van der Waals surface area (Å²) in [5.41, 5.74) is 1.48. The third kappa shape index (κ3) is 4.71. The quantitative estimate of drug-likeness (QED) is 0.796. The fraction of sp³-hybridized carbons (Fsp3) is 0. The first-order chi connectivity index (χ1) is 7.36. The van der Waals surface area contributed by atoms with E-state index < -0.39 is 0 Å². The second kappa shape index (κ2) is 8.03. The van der Waals surface area contributed by atoms with E-state index in [1.165, 1.54) is 0 Å². The Kier molecular flexibility index (Phi) is 7.50. The molecule has 4 heteroatoms. The van der Waals surface area contributed by atoms with E-state index in [-0.39, 0.29) is 40.9 Å². The molecule has 1 amide bonds. The van der Waals surface area contributed by atoms with Crippen molar-refractivity contribution in [3.8, 4) is 0 Å². The van der Waals surface area contributed by atoms with Gasteiger partial charge in [-0.05, 0) is 24.3 Å². The Bertz CT molecular complexity index is 445. The molecule has 0 spiro atoms. The van der Waals surface area contributed by atoms with E-state index in [9.17, 15) is 4.79 Å². The summed E-state index contributed by atoms with van der Waals surface area (Å²) in [6.45, 7) is 0. The van der Waals surface area contributed by atoms with Gasteiger partial charge in [0.2, 0.25) is 0 Å². The number of carbonyl (C=O) groups is 1. The summed E-state index contributed by atoms with van der Waals surface area (Å²) in [6, 6.07) is 18.6. The van der Waals surface area contributed by atoms with Crippen molar-refractivity contribution < 1.29 is 10.3 Å². The van der Waals surface area contributed by atoms with Crippen molar-refractivity contribution in [2.24, 2.45) is 0 Å². The third-order valence-electron chi connectivity index (χ3n) is 2.07. The van der Waals surface area contributed by atoms with Crippen LogP contribution >= 0.6 is 0 Å². The zero-order chi connectivity index (χ0) is 10.5. The molecule has 1 radical (unpaired) electrons. The predicted octanol–water partition coefficient (Wildman–Crippen LogP) is 1.73. The van der Waals surface area contributed by atoms with E-state index in [0.29, 0.717) is 5.56 Å². The normalized spacial score (nSPS) is 8.47. The number of rotatable bonds is 2. The molecule has 2 aromatic rings. The Labute approximate surface area is 122 Å². The first-order valence-electron chi connectivity index (χ1n) is 4.78. The fourth-order valence-corrected chi connectivity index (χ4v) is 1.31. The summed E-state index contributed by atoms with van der Waals surface area (Å²) in [4.78, 5) is 11.7.